The number of hydrogen-bond donors (Lipinski definition) is 2. The number of hydrogen-bond acceptors (Lipinski definition) is 5. The lowest BCUT2D eigenvalue weighted by Crippen LogP contribution is -2.42. The minimum absolute atomic E-state index is 0.141. The Morgan fingerprint density at radius 3 is 2.70 bits per heavy atom. The zero-order chi connectivity index (χ0) is 16.4. The molecule has 3 rings (SSSR count). The van der Waals surface area contributed by atoms with Crippen molar-refractivity contribution in [3.05, 3.63) is 34.2 Å². The van der Waals surface area contributed by atoms with Gasteiger partial charge in [-0.25, -0.2) is 9.59 Å². The average Bonchev–Trinajstić information content (AvgIpc) is 3.27. The molecule has 1 saturated carbocycles. The van der Waals surface area contributed by atoms with E-state index in [2.05, 4.69) is 10.6 Å². The van der Waals surface area contributed by atoms with Crippen LogP contribution in [0.2, 0.25) is 5.02 Å². The number of ether oxygens (including phenoxy) is 1. The molecule has 2 aromatic rings. The molecule has 8 heteroatoms. The molecule has 1 fully saturated rings. The molecule has 0 radical (unpaired) electrons. The van der Waals surface area contributed by atoms with Crippen molar-refractivity contribution in [1.82, 2.24) is 10.6 Å². The Morgan fingerprint density at radius 1 is 1.26 bits per heavy atom. The smallest absolute Gasteiger partial charge is 0.350 e. The Kier molecular flexibility index (Phi) is 4.49. The van der Waals surface area contributed by atoms with Gasteiger partial charge in [0, 0.05) is 16.1 Å². The van der Waals surface area contributed by atoms with Crippen molar-refractivity contribution in [2.45, 2.75) is 18.9 Å². The van der Waals surface area contributed by atoms with Gasteiger partial charge in [0.05, 0.1) is 5.02 Å². The highest BCUT2D eigenvalue weighted by atomic mass is 35.5. The zero-order valence-corrected chi connectivity index (χ0v) is 13.5. The summed E-state index contributed by atoms with van der Waals surface area (Å²) in [7, 11) is 0. The predicted molar refractivity (Wildman–Crippen MR) is 86.8 cm³/mol. The number of fused-ring (bicyclic) bond motifs is 1. The summed E-state index contributed by atoms with van der Waals surface area (Å²) in [6, 6.07) is 6.88. The quantitative estimate of drug-likeness (QED) is 0.828. The Morgan fingerprint density at radius 2 is 2.00 bits per heavy atom. The molecule has 0 saturated heterocycles. The number of halogens is 1. The summed E-state index contributed by atoms with van der Waals surface area (Å²) in [6.45, 7) is -0.540. The van der Waals surface area contributed by atoms with Crippen LogP contribution in [0.25, 0.3) is 10.1 Å². The fourth-order valence-corrected chi connectivity index (χ4v) is 3.36. The second-order valence-electron chi connectivity index (χ2n) is 5.11. The van der Waals surface area contributed by atoms with E-state index in [1.807, 2.05) is 18.2 Å². The van der Waals surface area contributed by atoms with Crippen LogP contribution in [-0.4, -0.2) is 30.6 Å². The van der Waals surface area contributed by atoms with Crippen LogP contribution in [0.5, 0.6) is 0 Å². The van der Waals surface area contributed by atoms with Gasteiger partial charge in [-0.3, -0.25) is 10.1 Å². The minimum atomic E-state index is -0.686. The summed E-state index contributed by atoms with van der Waals surface area (Å²) in [5.74, 6) is -1.37. The highest BCUT2D eigenvalue weighted by Crippen LogP contribution is 2.35. The lowest BCUT2D eigenvalue weighted by molar-refractivity contribution is -0.123. The van der Waals surface area contributed by atoms with E-state index in [1.165, 1.54) is 11.3 Å². The maximum absolute atomic E-state index is 12.0. The highest BCUT2D eigenvalue weighted by molar-refractivity contribution is 7.21. The van der Waals surface area contributed by atoms with Crippen LogP contribution in [0.1, 0.15) is 22.5 Å². The number of esters is 1. The molecule has 23 heavy (non-hydrogen) atoms. The summed E-state index contributed by atoms with van der Waals surface area (Å²) < 4.78 is 5.78. The van der Waals surface area contributed by atoms with E-state index < -0.39 is 24.5 Å². The van der Waals surface area contributed by atoms with Crippen molar-refractivity contribution in [2.24, 2.45) is 0 Å². The van der Waals surface area contributed by atoms with Gasteiger partial charge in [0.25, 0.3) is 5.91 Å². The summed E-state index contributed by atoms with van der Waals surface area (Å²) in [4.78, 5) is 35.2. The van der Waals surface area contributed by atoms with Crippen molar-refractivity contribution in [3.8, 4) is 0 Å². The van der Waals surface area contributed by atoms with Gasteiger partial charge < -0.3 is 10.1 Å². The minimum Gasteiger partial charge on any atom is -0.451 e. The Labute approximate surface area is 140 Å². The van der Waals surface area contributed by atoms with E-state index in [0.29, 0.717) is 5.02 Å². The average molecular weight is 353 g/mol. The third-order valence-corrected chi connectivity index (χ3v) is 4.88. The first-order valence-electron chi connectivity index (χ1n) is 6.99. The lowest BCUT2D eigenvalue weighted by atomic mass is 10.2. The molecule has 0 aliphatic heterocycles. The molecule has 1 aliphatic carbocycles. The second kappa shape index (κ2) is 6.55. The molecule has 1 aromatic carbocycles. The van der Waals surface area contributed by atoms with Gasteiger partial charge in [0.1, 0.15) is 4.88 Å². The van der Waals surface area contributed by atoms with Gasteiger partial charge in [0.15, 0.2) is 6.61 Å². The van der Waals surface area contributed by atoms with Crippen LogP contribution in [-0.2, 0) is 9.53 Å². The first-order valence-corrected chi connectivity index (χ1v) is 8.18. The fourth-order valence-electron chi connectivity index (χ4n) is 1.95. The molecule has 120 valence electrons. The number of imide groups is 1. The number of urea groups is 1. The molecule has 2 N–H and O–H groups in total. The van der Waals surface area contributed by atoms with Crippen LogP contribution >= 0.6 is 22.9 Å². The molecule has 0 bridgehead atoms. The van der Waals surface area contributed by atoms with Gasteiger partial charge in [-0.05, 0) is 18.9 Å². The number of carbonyl (C=O) groups is 3. The number of nitrogens with one attached hydrogen (secondary N) is 2. The van der Waals surface area contributed by atoms with E-state index in [0.717, 1.165) is 22.9 Å². The van der Waals surface area contributed by atoms with Crippen molar-refractivity contribution in [3.63, 3.8) is 0 Å². The van der Waals surface area contributed by atoms with Gasteiger partial charge >= 0.3 is 12.0 Å². The molecular formula is C15H13ClN2O4S. The Hall–Kier alpha value is -2.12. The zero-order valence-electron chi connectivity index (χ0n) is 11.9. The van der Waals surface area contributed by atoms with Gasteiger partial charge in [-0.2, -0.15) is 0 Å². The highest BCUT2D eigenvalue weighted by Gasteiger charge is 2.24. The normalized spacial score (nSPS) is 13.6. The van der Waals surface area contributed by atoms with Crippen molar-refractivity contribution >= 4 is 50.9 Å². The molecule has 6 nitrogen and oxygen atoms in total. The van der Waals surface area contributed by atoms with E-state index in [4.69, 9.17) is 16.3 Å². The fraction of sp³-hybridized carbons (Fsp3) is 0.267. The van der Waals surface area contributed by atoms with E-state index in [-0.39, 0.29) is 10.9 Å². The van der Waals surface area contributed by atoms with Crippen molar-refractivity contribution in [1.29, 1.82) is 0 Å². The molecule has 1 heterocycles. The van der Waals surface area contributed by atoms with Gasteiger partial charge in [-0.15, -0.1) is 11.3 Å². The number of carbonyl (C=O) groups excluding carboxylic acids is 3. The summed E-state index contributed by atoms with van der Waals surface area (Å²) >= 11 is 7.36. The van der Waals surface area contributed by atoms with Gasteiger partial charge in [0.2, 0.25) is 0 Å². The third kappa shape index (κ3) is 3.80. The van der Waals surface area contributed by atoms with E-state index >= 15 is 0 Å². The maximum Gasteiger partial charge on any atom is 0.350 e. The largest absolute Gasteiger partial charge is 0.451 e. The topological polar surface area (TPSA) is 84.5 Å². The first kappa shape index (κ1) is 15.8. The molecule has 3 amide bonds. The summed E-state index contributed by atoms with van der Waals surface area (Å²) in [5.41, 5.74) is 0. The standard InChI is InChI=1S/C15H13ClN2O4S/c16-12-9-3-1-2-4-10(9)23-13(12)14(20)22-7-11(19)18-15(21)17-8-5-6-8/h1-4,8H,5-7H2,(H2,17,18,19,21). The van der Waals surface area contributed by atoms with Crippen LogP contribution in [0.4, 0.5) is 4.79 Å². The summed E-state index contributed by atoms with van der Waals surface area (Å²) in [5, 5.41) is 5.78. The maximum atomic E-state index is 12.0. The summed E-state index contributed by atoms with van der Waals surface area (Å²) in [6.07, 6.45) is 1.84. The monoisotopic (exact) mass is 352 g/mol. The number of rotatable bonds is 4. The number of amides is 3. The lowest BCUT2D eigenvalue weighted by Gasteiger charge is -2.06. The van der Waals surface area contributed by atoms with Crippen molar-refractivity contribution in [2.75, 3.05) is 6.61 Å². The molecule has 0 spiro atoms. The predicted octanol–water partition coefficient (Wildman–Crippen LogP) is 2.70. The van der Waals surface area contributed by atoms with Crippen LogP contribution in [0, 0.1) is 0 Å². The Bertz CT molecular complexity index is 785. The number of benzene rings is 1. The number of thiophene rings is 1. The van der Waals surface area contributed by atoms with Crippen LogP contribution < -0.4 is 10.6 Å². The first-order chi connectivity index (χ1) is 11.0. The molecule has 0 atom stereocenters. The van der Waals surface area contributed by atoms with Crippen molar-refractivity contribution < 1.29 is 19.1 Å². The second-order valence-corrected chi connectivity index (χ2v) is 6.54. The van der Waals surface area contributed by atoms with E-state index in [1.54, 1.807) is 6.07 Å². The molecule has 1 aliphatic rings. The van der Waals surface area contributed by atoms with Crippen LogP contribution in [0.15, 0.2) is 24.3 Å². The SMILES string of the molecule is O=C(COC(=O)c1sc2ccccc2c1Cl)NC(=O)NC1CC1. The van der Waals surface area contributed by atoms with Crippen LogP contribution in [0.3, 0.4) is 0 Å². The molecular weight excluding hydrogens is 340 g/mol. The molecule has 0 unspecified atom stereocenters. The Balaban J connectivity index is 1.56. The van der Waals surface area contributed by atoms with E-state index in [9.17, 15) is 14.4 Å². The third-order valence-electron chi connectivity index (χ3n) is 3.22. The molecule has 1 aromatic heterocycles. The van der Waals surface area contributed by atoms with Gasteiger partial charge in [-0.1, -0.05) is 29.8 Å².